The number of aryl methyl sites for hydroxylation is 1. The molecular formula is C17H12ClNO3. The zero-order valence-electron chi connectivity index (χ0n) is 11.7. The summed E-state index contributed by atoms with van der Waals surface area (Å²) in [5.41, 5.74) is 1.60. The Labute approximate surface area is 132 Å². The van der Waals surface area contributed by atoms with Gasteiger partial charge in [0, 0.05) is 5.02 Å². The number of carbonyl (C=O) groups is 2. The Bertz CT molecular complexity index is 812. The molecule has 0 bridgehead atoms. The van der Waals surface area contributed by atoms with E-state index in [4.69, 9.17) is 11.6 Å². The zero-order chi connectivity index (χ0) is 15.9. The van der Waals surface area contributed by atoms with Crippen LogP contribution in [0.1, 0.15) is 11.1 Å². The number of aliphatic hydroxyl groups is 1. The molecule has 0 spiro atoms. The van der Waals surface area contributed by atoms with Crippen LogP contribution >= 0.6 is 11.6 Å². The lowest BCUT2D eigenvalue weighted by molar-refractivity contribution is -0.121. The van der Waals surface area contributed by atoms with Gasteiger partial charge in [0.2, 0.25) is 0 Å². The number of aliphatic hydroxyl groups excluding tert-OH is 1. The number of imide groups is 1. The van der Waals surface area contributed by atoms with E-state index in [0.717, 1.165) is 4.90 Å². The van der Waals surface area contributed by atoms with Crippen LogP contribution < -0.4 is 4.90 Å². The van der Waals surface area contributed by atoms with Crippen molar-refractivity contribution in [1.29, 1.82) is 0 Å². The topological polar surface area (TPSA) is 57.6 Å². The second-order valence-corrected chi connectivity index (χ2v) is 5.40. The molecule has 2 aromatic carbocycles. The smallest absolute Gasteiger partial charge is 0.301 e. The minimum atomic E-state index is -0.741. The maximum Gasteiger partial charge on any atom is 0.301 e. The van der Waals surface area contributed by atoms with Gasteiger partial charge in [0.15, 0.2) is 5.76 Å². The van der Waals surface area contributed by atoms with Gasteiger partial charge in [-0.15, -0.1) is 0 Å². The van der Waals surface area contributed by atoms with Crippen molar-refractivity contribution in [2.45, 2.75) is 6.92 Å². The van der Waals surface area contributed by atoms with E-state index in [9.17, 15) is 14.7 Å². The number of benzene rings is 2. The minimum absolute atomic E-state index is 0.00461. The highest BCUT2D eigenvalue weighted by atomic mass is 35.5. The Morgan fingerprint density at radius 2 is 1.68 bits per heavy atom. The van der Waals surface area contributed by atoms with Gasteiger partial charge in [-0.05, 0) is 30.2 Å². The molecule has 0 radical (unpaired) electrons. The average molecular weight is 314 g/mol. The Morgan fingerprint density at radius 1 is 1.00 bits per heavy atom. The standard InChI is InChI=1S/C17H12ClNO3/c1-10-7-8-12(18)9-13(10)19-16(21)14(15(20)17(19)22)11-5-3-2-4-6-11/h2-9,20H,1H3. The summed E-state index contributed by atoms with van der Waals surface area (Å²) in [6, 6.07) is 13.5. The van der Waals surface area contributed by atoms with Crippen molar-refractivity contribution < 1.29 is 14.7 Å². The highest BCUT2D eigenvalue weighted by molar-refractivity contribution is 6.45. The van der Waals surface area contributed by atoms with E-state index >= 15 is 0 Å². The Hall–Kier alpha value is -2.59. The molecule has 0 saturated heterocycles. The molecule has 4 nitrogen and oxygen atoms in total. The van der Waals surface area contributed by atoms with Crippen LogP contribution in [0.15, 0.2) is 54.3 Å². The molecule has 1 heterocycles. The first kappa shape index (κ1) is 14.4. The van der Waals surface area contributed by atoms with Crippen LogP contribution in [0.4, 0.5) is 5.69 Å². The van der Waals surface area contributed by atoms with Crippen LogP contribution in [0, 0.1) is 6.92 Å². The van der Waals surface area contributed by atoms with Gasteiger partial charge in [-0.2, -0.15) is 0 Å². The molecule has 1 aliphatic heterocycles. The van der Waals surface area contributed by atoms with E-state index in [1.54, 1.807) is 49.4 Å². The maximum absolute atomic E-state index is 12.6. The molecule has 0 fully saturated rings. The van der Waals surface area contributed by atoms with Crippen molar-refractivity contribution in [2.24, 2.45) is 0 Å². The zero-order valence-corrected chi connectivity index (χ0v) is 12.5. The lowest BCUT2D eigenvalue weighted by Crippen LogP contribution is -2.32. The summed E-state index contributed by atoms with van der Waals surface area (Å²) in [5, 5.41) is 10.5. The summed E-state index contributed by atoms with van der Waals surface area (Å²) in [5.74, 6) is -1.84. The summed E-state index contributed by atoms with van der Waals surface area (Å²) in [6.45, 7) is 1.77. The highest BCUT2D eigenvalue weighted by Crippen LogP contribution is 2.34. The summed E-state index contributed by atoms with van der Waals surface area (Å²) in [6.07, 6.45) is 0. The Kier molecular flexibility index (Phi) is 3.47. The number of hydrogen-bond donors (Lipinski definition) is 1. The fourth-order valence-electron chi connectivity index (χ4n) is 2.43. The average Bonchev–Trinajstić information content (AvgIpc) is 2.73. The quantitative estimate of drug-likeness (QED) is 0.863. The first-order valence-corrected chi connectivity index (χ1v) is 7.02. The van der Waals surface area contributed by atoms with E-state index in [1.807, 2.05) is 0 Å². The van der Waals surface area contributed by atoms with Crippen LogP contribution in [-0.4, -0.2) is 16.9 Å². The second kappa shape index (κ2) is 5.31. The van der Waals surface area contributed by atoms with Crippen LogP contribution in [0.3, 0.4) is 0 Å². The second-order valence-electron chi connectivity index (χ2n) is 4.97. The van der Waals surface area contributed by atoms with Gasteiger partial charge in [0.25, 0.3) is 5.91 Å². The Morgan fingerprint density at radius 3 is 2.36 bits per heavy atom. The third-order valence-electron chi connectivity index (χ3n) is 3.53. The summed E-state index contributed by atoms with van der Waals surface area (Å²) >= 11 is 5.96. The van der Waals surface area contributed by atoms with E-state index in [1.165, 1.54) is 6.07 Å². The molecule has 2 amide bonds. The van der Waals surface area contributed by atoms with Crippen molar-refractivity contribution in [1.82, 2.24) is 0 Å². The molecule has 3 rings (SSSR count). The van der Waals surface area contributed by atoms with E-state index in [0.29, 0.717) is 21.8 Å². The third-order valence-corrected chi connectivity index (χ3v) is 3.77. The summed E-state index contributed by atoms with van der Waals surface area (Å²) in [4.78, 5) is 25.9. The summed E-state index contributed by atoms with van der Waals surface area (Å²) in [7, 11) is 0. The normalized spacial score (nSPS) is 14.9. The predicted molar refractivity (Wildman–Crippen MR) is 84.7 cm³/mol. The number of rotatable bonds is 2. The molecule has 0 unspecified atom stereocenters. The molecular weight excluding hydrogens is 302 g/mol. The van der Waals surface area contributed by atoms with Crippen molar-refractivity contribution in [2.75, 3.05) is 4.90 Å². The van der Waals surface area contributed by atoms with Crippen LogP contribution in [0.2, 0.25) is 5.02 Å². The van der Waals surface area contributed by atoms with E-state index < -0.39 is 17.6 Å². The molecule has 5 heteroatoms. The van der Waals surface area contributed by atoms with Crippen molar-refractivity contribution >= 4 is 34.7 Å². The van der Waals surface area contributed by atoms with Crippen LogP contribution in [-0.2, 0) is 9.59 Å². The lowest BCUT2D eigenvalue weighted by Gasteiger charge is -2.17. The van der Waals surface area contributed by atoms with Crippen LogP contribution in [0.25, 0.3) is 5.57 Å². The number of nitrogens with zero attached hydrogens (tertiary/aromatic N) is 1. The third kappa shape index (κ3) is 2.18. The Balaban J connectivity index is 2.11. The maximum atomic E-state index is 12.6. The number of hydrogen-bond acceptors (Lipinski definition) is 3. The molecule has 0 atom stereocenters. The summed E-state index contributed by atoms with van der Waals surface area (Å²) < 4.78 is 0. The monoisotopic (exact) mass is 313 g/mol. The number of halogens is 1. The van der Waals surface area contributed by atoms with Crippen LogP contribution in [0.5, 0.6) is 0 Å². The van der Waals surface area contributed by atoms with Gasteiger partial charge in [0.05, 0.1) is 11.3 Å². The van der Waals surface area contributed by atoms with Gasteiger partial charge >= 0.3 is 5.91 Å². The van der Waals surface area contributed by atoms with Gasteiger partial charge in [-0.1, -0.05) is 48.0 Å². The van der Waals surface area contributed by atoms with E-state index in [2.05, 4.69) is 0 Å². The fraction of sp³-hybridized carbons (Fsp3) is 0.0588. The SMILES string of the molecule is Cc1ccc(Cl)cc1N1C(=O)C(O)=C(c2ccccc2)C1=O. The predicted octanol–water partition coefficient (Wildman–Crippen LogP) is 3.49. The van der Waals surface area contributed by atoms with Crippen molar-refractivity contribution in [3.63, 3.8) is 0 Å². The van der Waals surface area contributed by atoms with E-state index in [-0.39, 0.29) is 5.57 Å². The molecule has 0 saturated carbocycles. The highest BCUT2D eigenvalue weighted by Gasteiger charge is 2.40. The number of carbonyl (C=O) groups excluding carboxylic acids is 2. The molecule has 0 aliphatic carbocycles. The molecule has 0 aromatic heterocycles. The molecule has 1 N–H and O–H groups in total. The first-order valence-electron chi connectivity index (χ1n) is 6.64. The first-order chi connectivity index (χ1) is 10.5. The van der Waals surface area contributed by atoms with Crippen molar-refractivity contribution in [3.8, 4) is 0 Å². The molecule has 1 aliphatic rings. The van der Waals surface area contributed by atoms with Crippen molar-refractivity contribution in [3.05, 3.63) is 70.4 Å². The minimum Gasteiger partial charge on any atom is -0.502 e. The lowest BCUT2D eigenvalue weighted by atomic mass is 10.1. The molecule has 22 heavy (non-hydrogen) atoms. The number of amides is 2. The van der Waals surface area contributed by atoms with Gasteiger partial charge in [-0.3, -0.25) is 9.59 Å². The largest absolute Gasteiger partial charge is 0.502 e. The van der Waals surface area contributed by atoms with Gasteiger partial charge in [0.1, 0.15) is 0 Å². The fourth-order valence-corrected chi connectivity index (χ4v) is 2.59. The van der Waals surface area contributed by atoms with Gasteiger partial charge < -0.3 is 5.11 Å². The molecule has 110 valence electrons. The molecule has 2 aromatic rings. The van der Waals surface area contributed by atoms with Gasteiger partial charge in [-0.25, -0.2) is 4.90 Å². The number of anilines is 1.